The Morgan fingerprint density at radius 3 is 2.75 bits per heavy atom. The molecule has 0 bridgehead atoms. The van der Waals surface area contributed by atoms with Crippen LogP contribution in [0.3, 0.4) is 0 Å². The van der Waals surface area contributed by atoms with Gasteiger partial charge in [-0.3, -0.25) is 4.79 Å². The Morgan fingerprint density at radius 1 is 1.25 bits per heavy atom. The first-order chi connectivity index (χ1) is 9.61. The lowest BCUT2D eigenvalue weighted by Gasteiger charge is -2.09. The predicted octanol–water partition coefficient (Wildman–Crippen LogP) is 4.85. The molecule has 0 radical (unpaired) electrons. The Balaban J connectivity index is 1.76. The number of unbranched alkanes of at least 4 members (excludes halogenated alkanes) is 3. The number of rotatable bonds is 7. The van der Waals surface area contributed by atoms with E-state index in [-0.39, 0.29) is 11.8 Å². The van der Waals surface area contributed by atoms with Gasteiger partial charge in [-0.15, -0.1) is 0 Å². The Labute approximate surface area is 123 Å². The van der Waals surface area contributed by atoms with Crippen molar-refractivity contribution in [2.75, 3.05) is 5.32 Å². The molecule has 2 heteroatoms. The molecule has 20 heavy (non-hydrogen) atoms. The van der Waals surface area contributed by atoms with Crippen LogP contribution in [0.15, 0.2) is 18.2 Å². The van der Waals surface area contributed by atoms with Crippen LogP contribution in [0.1, 0.15) is 56.6 Å². The maximum atomic E-state index is 12.2. The summed E-state index contributed by atoms with van der Waals surface area (Å²) >= 11 is 0. The second-order valence-corrected chi connectivity index (χ2v) is 6.26. The van der Waals surface area contributed by atoms with Gasteiger partial charge < -0.3 is 5.32 Å². The van der Waals surface area contributed by atoms with Gasteiger partial charge >= 0.3 is 0 Å². The minimum absolute atomic E-state index is 0.220. The monoisotopic (exact) mass is 273 g/mol. The summed E-state index contributed by atoms with van der Waals surface area (Å²) in [6.07, 6.45) is 7.52. The topological polar surface area (TPSA) is 29.1 Å². The van der Waals surface area contributed by atoms with Crippen LogP contribution in [-0.2, 0) is 4.79 Å². The summed E-state index contributed by atoms with van der Waals surface area (Å²) in [5.74, 6) is 1.12. The minimum atomic E-state index is 0.220. The van der Waals surface area contributed by atoms with Crippen molar-refractivity contribution in [3.05, 3.63) is 29.3 Å². The number of amides is 1. The molecule has 0 aliphatic heterocycles. The molecule has 1 saturated carbocycles. The quantitative estimate of drug-likeness (QED) is 0.707. The van der Waals surface area contributed by atoms with E-state index < -0.39 is 0 Å². The number of hydrogen-bond donors (Lipinski definition) is 1. The molecule has 2 nitrogen and oxygen atoms in total. The number of benzene rings is 1. The normalized spacial score (nSPS) is 20.8. The molecule has 0 heterocycles. The maximum absolute atomic E-state index is 12.2. The minimum Gasteiger partial charge on any atom is -0.326 e. The van der Waals surface area contributed by atoms with Crippen molar-refractivity contribution in [1.82, 2.24) is 0 Å². The highest BCUT2D eigenvalue weighted by Crippen LogP contribution is 2.43. The van der Waals surface area contributed by atoms with Gasteiger partial charge in [-0.1, -0.05) is 50.3 Å². The average Bonchev–Trinajstić information content (AvgIpc) is 3.18. The summed E-state index contributed by atoms with van der Waals surface area (Å²) in [4.78, 5) is 12.2. The average molecular weight is 273 g/mol. The first-order valence-corrected chi connectivity index (χ1v) is 8.00. The first kappa shape index (κ1) is 15.1. The van der Waals surface area contributed by atoms with Gasteiger partial charge in [0.1, 0.15) is 0 Å². The second kappa shape index (κ2) is 6.92. The third-order valence-electron chi connectivity index (χ3n) is 4.33. The zero-order valence-corrected chi connectivity index (χ0v) is 13.0. The van der Waals surface area contributed by atoms with Gasteiger partial charge in [-0.25, -0.2) is 0 Å². The third-order valence-corrected chi connectivity index (χ3v) is 4.33. The molecule has 1 aromatic rings. The molecule has 110 valence electrons. The van der Waals surface area contributed by atoms with Crippen LogP contribution < -0.4 is 5.32 Å². The zero-order chi connectivity index (χ0) is 14.5. The van der Waals surface area contributed by atoms with Gasteiger partial charge in [-0.05, 0) is 44.2 Å². The summed E-state index contributed by atoms with van der Waals surface area (Å²) < 4.78 is 0. The number of carbonyl (C=O) groups is 1. The van der Waals surface area contributed by atoms with Crippen LogP contribution in [0.2, 0.25) is 0 Å². The van der Waals surface area contributed by atoms with Crippen LogP contribution in [0.25, 0.3) is 0 Å². The Morgan fingerprint density at radius 2 is 2.05 bits per heavy atom. The van der Waals surface area contributed by atoms with Gasteiger partial charge in [0.2, 0.25) is 5.91 Å². The second-order valence-electron chi connectivity index (χ2n) is 6.26. The van der Waals surface area contributed by atoms with E-state index in [0.29, 0.717) is 5.92 Å². The Hall–Kier alpha value is -1.31. The van der Waals surface area contributed by atoms with Crippen LogP contribution in [0.4, 0.5) is 5.69 Å². The molecule has 1 amide bonds. The summed E-state index contributed by atoms with van der Waals surface area (Å²) in [5.41, 5.74) is 3.36. The number of hydrogen-bond acceptors (Lipinski definition) is 1. The van der Waals surface area contributed by atoms with E-state index in [1.54, 1.807) is 0 Å². The lowest BCUT2D eigenvalue weighted by molar-refractivity contribution is -0.117. The summed E-state index contributed by atoms with van der Waals surface area (Å²) in [6.45, 7) is 6.36. The van der Waals surface area contributed by atoms with E-state index in [4.69, 9.17) is 0 Å². The maximum Gasteiger partial charge on any atom is 0.227 e. The van der Waals surface area contributed by atoms with Gasteiger partial charge in [0.05, 0.1) is 0 Å². The lowest BCUT2D eigenvalue weighted by atomic mass is 10.1. The SMILES string of the molecule is CCCCCC[C@@H]1C[C@H]1C(=O)Nc1ccc(C)cc1C. The van der Waals surface area contributed by atoms with E-state index in [1.807, 2.05) is 6.07 Å². The molecule has 2 atom stereocenters. The number of aryl methyl sites for hydroxylation is 2. The molecule has 1 fully saturated rings. The highest BCUT2D eigenvalue weighted by Gasteiger charge is 2.42. The predicted molar refractivity (Wildman–Crippen MR) is 84.9 cm³/mol. The van der Waals surface area contributed by atoms with Crippen molar-refractivity contribution in [2.24, 2.45) is 11.8 Å². The van der Waals surface area contributed by atoms with E-state index in [9.17, 15) is 4.79 Å². The fourth-order valence-corrected chi connectivity index (χ4v) is 2.90. The standard InChI is InChI=1S/C18H27NO/c1-4-5-6-7-8-15-12-16(15)18(20)19-17-10-9-13(2)11-14(17)3/h9-11,15-16H,4-8,12H2,1-3H3,(H,19,20)/t15-,16-/m1/s1. The number of nitrogens with one attached hydrogen (secondary N) is 1. The van der Waals surface area contributed by atoms with Crippen LogP contribution in [0, 0.1) is 25.7 Å². The summed E-state index contributed by atoms with van der Waals surface area (Å²) in [5, 5.41) is 3.09. The number of carbonyl (C=O) groups excluding carboxylic acids is 1. The first-order valence-electron chi connectivity index (χ1n) is 8.00. The fraction of sp³-hybridized carbons (Fsp3) is 0.611. The van der Waals surface area contributed by atoms with Crippen molar-refractivity contribution in [2.45, 2.75) is 59.3 Å². The molecular weight excluding hydrogens is 246 g/mol. The van der Waals surface area contributed by atoms with Crippen LogP contribution >= 0.6 is 0 Å². The third kappa shape index (κ3) is 4.09. The molecule has 1 aromatic carbocycles. The van der Waals surface area contributed by atoms with Gasteiger partial charge in [0.15, 0.2) is 0 Å². The largest absolute Gasteiger partial charge is 0.326 e. The van der Waals surface area contributed by atoms with Gasteiger partial charge in [0, 0.05) is 11.6 Å². The lowest BCUT2D eigenvalue weighted by Crippen LogP contribution is -2.15. The highest BCUT2D eigenvalue weighted by molar-refractivity contribution is 5.95. The molecule has 0 saturated heterocycles. The molecule has 1 aliphatic carbocycles. The smallest absolute Gasteiger partial charge is 0.227 e. The molecule has 0 unspecified atom stereocenters. The van der Waals surface area contributed by atoms with Crippen molar-refractivity contribution < 1.29 is 4.79 Å². The Bertz CT molecular complexity index is 466. The molecular formula is C18H27NO. The van der Waals surface area contributed by atoms with Gasteiger partial charge in [-0.2, -0.15) is 0 Å². The van der Waals surface area contributed by atoms with Crippen LogP contribution in [0.5, 0.6) is 0 Å². The van der Waals surface area contributed by atoms with E-state index >= 15 is 0 Å². The Kier molecular flexibility index (Phi) is 5.22. The van der Waals surface area contributed by atoms with E-state index in [1.165, 1.54) is 37.7 Å². The molecule has 0 aromatic heterocycles. The molecule has 2 rings (SSSR count). The van der Waals surface area contributed by atoms with Crippen molar-refractivity contribution >= 4 is 11.6 Å². The fourth-order valence-electron chi connectivity index (χ4n) is 2.90. The molecule has 0 spiro atoms. The van der Waals surface area contributed by atoms with E-state index in [2.05, 4.69) is 38.2 Å². The molecule has 1 N–H and O–H groups in total. The zero-order valence-electron chi connectivity index (χ0n) is 13.0. The van der Waals surface area contributed by atoms with Gasteiger partial charge in [0.25, 0.3) is 0 Å². The van der Waals surface area contributed by atoms with E-state index in [0.717, 1.165) is 17.7 Å². The highest BCUT2D eigenvalue weighted by atomic mass is 16.2. The van der Waals surface area contributed by atoms with Crippen molar-refractivity contribution in [3.63, 3.8) is 0 Å². The number of anilines is 1. The molecule has 1 aliphatic rings. The van der Waals surface area contributed by atoms with Crippen LogP contribution in [-0.4, -0.2) is 5.91 Å². The van der Waals surface area contributed by atoms with Crippen molar-refractivity contribution in [1.29, 1.82) is 0 Å². The summed E-state index contributed by atoms with van der Waals surface area (Å²) in [6, 6.07) is 6.18. The van der Waals surface area contributed by atoms with Crippen molar-refractivity contribution in [3.8, 4) is 0 Å². The summed E-state index contributed by atoms with van der Waals surface area (Å²) in [7, 11) is 0.